The van der Waals surface area contributed by atoms with Gasteiger partial charge in [-0.2, -0.15) is 0 Å². The zero-order valence-corrected chi connectivity index (χ0v) is 15.2. The Morgan fingerprint density at radius 2 is 1.81 bits per heavy atom. The topological polar surface area (TPSA) is 93.9 Å². The Hall–Kier alpha value is -3.06. The fourth-order valence-corrected chi connectivity index (χ4v) is 2.84. The van der Waals surface area contributed by atoms with Gasteiger partial charge >= 0.3 is 0 Å². The van der Waals surface area contributed by atoms with E-state index in [9.17, 15) is 9.59 Å². The van der Waals surface area contributed by atoms with Crippen molar-refractivity contribution in [2.24, 2.45) is 5.73 Å². The van der Waals surface area contributed by atoms with Crippen molar-refractivity contribution in [2.45, 2.75) is 13.0 Å². The number of fused-ring (bicyclic) bond motifs is 1. The van der Waals surface area contributed by atoms with E-state index in [4.69, 9.17) is 15.2 Å². The first kappa shape index (κ1) is 18.7. The number of carbonyl (C=O) groups excluding carboxylic acids is 2. The molecule has 142 valence electrons. The highest BCUT2D eigenvalue weighted by Gasteiger charge is 2.23. The van der Waals surface area contributed by atoms with Gasteiger partial charge in [-0.05, 0) is 24.6 Å². The van der Waals surface area contributed by atoms with Crippen LogP contribution in [0.2, 0.25) is 0 Å². The molecule has 3 N–H and O–H groups in total. The van der Waals surface area contributed by atoms with Crippen LogP contribution in [0.15, 0.2) is 48.5 Å². The average Bonchev–Trinajstić information content (AvgIpc) is 2.71. The Kier molecular flexibility index (Phi) is 5.93. The van der Waals surface area contributed by atoms with Crippen molar-refractivity contribution in [3.8, 4) is 11.5 Å². The van der Waals surface area contributed by atoms with Crippen molar-refractivity contribution in [2.75, 3.05) is 31.6 Å². The van der Waals surface area contributed by atoms with E-state index in [-0.39, 0.29) is 18.4 Å². The van der Waals surface area contributed by atoms with E-state index in [0.717, 1.165) is 0 Å². The number of nitrogens with two attached hydrogens (primary N) is 1. The first-order valence-electron chi connectivity index (χ1n) is 8.87. The highest BCUT2D eigenvalue weighted by molar-refractivity contribution is 5.95. The summed E-state index contributed by atoms with van der Waals surface area (Å²) in [5, 5.41) is 2.78. The van der Waals surface area contributed by atoms with Crippen LogP contribution in [0.25, 0.3) is 0 Å². The van der Waals surface area contributed by atoms with Crippen molar-refractivity contribution in [1.29, 1.82) is 0 Å². The fourth-order valence-electron chi connectivity index (χ4n) is 2.84. The number of likely N-dealkylation sites (N-methyl/N-ethyl adjacent to an activating group) is 1. The molecule has 27 heavy (non-hydrogen) atoms. The van der Waals surface area contributed by atoms with Gasteiger partial charge in [0.2, 0.25) is 11.8 Å². The van der Waals surface area contributed by atoms with Gasteiger partial charge in [0, 0.05) is 18.3 Å². The summed E-state index contributed by atoms with van der Waals surface area (Å²) >= 11 is 0. The summed E-state index contributed by atoms with van der Waals surface area (Å²) in [5.41, 5.74) is 7.37. The van der Waals surface area contributed by atoms with Crippen molar-refractivity contribution >= 4 is 17.5 Å². The predicted octanol–water partition coefficient (Wildman–Crippen LogP) is 1.94. The number of nitrogens with one attached hydrogen (secondary N) is 1. The number of nitrogens with zero attached hydrogens (tertiary/aromatic N) is 1. The second kappa shape index (κ2) is 8.55. The molecule has 7 nitrogen and oxygen atoms in total. The van der Waals surface area contributed by atoms with Gasteiger partial charge in [0.1, 0.15) is 19.3 Å². The first-order valence-corrected chi connectivity index (χ1v) is 8.87. The number of hydrogen-bond donors (Lipinski definition) is 2. The van der Waals surface area contributed by atoms with E-state index in [1.54, 1.807) is 30.3 Å². The monoisotopic (exact) mass is 369 g/mol. The third-order valence-corrected chi connectivity index (χ3v) is 4.28. The summed E-state index contributed by atoms with van der Waals surface area (Å²) in [6, 6.07) is 13.5. The average molecular weight is 369 g/mol. The predicted molar refractivity (Wildman–Crippen MR) is 102 cm³/mol. The normalized spacial score (nSPS) is 13.6. The molecule has 2 aromatic rings. The lowest BCUT2D eigenvalue weighted by atomic mass is 10.1. The van der Waals surface area contributed by atoms with E-state index in [1.165, 1.54) is 4.90 Å². The molecule has 1 aliphatic rings. The maximum atomic E-state index is 12.6. The highest BCUT2D eigenvalue weighted by atomic mass is 16.6. The van der Waals surface area contributed by atoms with Gasteiger partial charge in [-0.25, -0.2) is 0 Å². The summed E-state index contributed by atoms with van der Waals surface area (Å²) in [5.74, 6) is 0.648. The van der Waals surface area contributed by atoms with E-state index in [2.05, 4.69) is 5.32 Å². The van der Waals surface area contributed by atoms with Crippen molar-refractivity contribution < 1.29 is 19.1 Å². The molecule has 0 aliphatic carbocycles. The number of ether oxygens (including phenoxy) is 2. The maximum Gasteiger partial charge on any atom is 0.244 e. The SMILES string of the molecule is CCN(CC(=O)Nc1ccc2c(c1)OCCO2)C(=O)C(N)c1ccccc1. The Morgan fingerprint density at radius 1 is 1.11 bits per heavy atom. The van der Waals surface area contributed by atoms with Crippen LogP contribution in [0.1, 0.15) is 18.5 Å². The third kappa shape index (κ3) is 4.57. The fraction of sp³-hybridized carbons (Fsp3) is 0.300. The Labute approximate surface area is 158 Å². The Morgan fingerprint density at radius 3 is 2.52 bits per heavy atom. The minimum Gasteiger partial charge on any atom is -0.486 e. The van der Waals surface area contributed by atoms with Gasteiger partial charge < -0.3 is 25.4 Å². The van der Waals surface area contributed by atoms with Gasteiger partial charge in [-0.3, -0.25) is 9.59 Å². The molecule has 0 saturated carbocycles. The van der Waals surface area contributed by atoms with Crippen LogP contribution >= 0.6 is 0 Å². The molecule has 1 aliphatic heterocycles. The molecule has 7 heteroatoms. The van der Waals surface area contributed by atoms with Crippen LogP contribution in [0.4, 0.5) is 5.69 Å². The Balaban J connectivity index is 1.62. The van der Waals surface area contributed by atoms with Gasteiger partial charge in [0.05, 0.1) is 6.54 Å². The zero-order valence-electron chi connectivity index (χ0n) is 15.2. The van der Waals surface area contributed by atoms with Crippen molar-refractivity contribution in [3.05, 3.63) is 54.1 Å². The smallest absolute Gasteiger partial charge is 0.244 e. The quantitative estimate of drug-likeness (QED) is 0.812. The van der Waals surface area contributed by atoms with Crippen LogP contribution in [0.3, 0.4) is 0 Å². The Bertz CT molecular complexity index is 810. The van der Waals surface area contributed by atoms with Crippen LogP contribution in [-0.4, -0.2) is 43.0 Å². The summed E-state index contributed by atoms with van der Waals surface area (Å²) < 4.78 is 11.0. The highest BCUT2D eigenvalue weighted by Crippen LogP contribution is 2.32. The minimum atomic E-state index is -0.798. The van der Waals surface area contributed by atoms with Gasteiger partial charge in [-0.15, -0.1) is 0 Å². The number of benzene rings is 2. The number of anilines is 1. The minimum absolute atomic E-state index is 0.0791. The van der Waals surface area contributed by atoms with E-state index >= 15 is 0 Å². The molecular weight excluding hydrogens is 346 g/mol. The molecule has 0 fully saturated rings. The second-order valence-corrected chi connectivity index (χ2v) is 6.15. The molecule has 0 radical (unpaired) electrons. The summed E-state index contributed by atoms with van der Waals surface area (Å²) in [4.78, 5) is 26.5. The zero-order chi connectivity index (χ0) is 19.2. The van der Waals surface area contributed by atoms with Crippen molar-refractivity contribution in [1.82, 2.24) is 4.90 Å². The second-order valence-electron chi connectivity index (χ2n) is 6.15. The number of carbonyl (C=O) groups is 2. The third-order valence-electron chi connectivity index (χ3n) is 4.28. The summed E-state index contributed by atoms with van der Waals surface area (Å²) in [6.45, 7) is 3.10. The van der Waals surface area contributed by atoms with Crippen LogP contribution in [0, 0.1) is 0 Å². The lowest BCUT2D eigenvalue weighted by molar-refractivity contribution is -0.135. The van der Waals surface area contributed by atoms with E-state index in [1.807, 2.05) is 25.1 Å². The molecule has 1 atom stereocenters. The first-order chi connectivity index (χ1) is 13.1. The molecule has 2 amide bonds. The summed E-state index contributed by atoms with van der Waals surface area (Å²) in [7, 11) is 0. The van der Waals surface area contributed by atoms with Crippen LogP contribution < -0.4 is 20.5 Å². The van der Waals surface area contributed by atoms with E-state index in [0.29, 0.717) is 42.5 Å². The lowest BCUT2D eigenvalue weighted by Crippen LogP contribution is -2.42. The van der Waals surface area contributed by atoms with Crippen LogP contribution in [0.5, 0.6) is 11.5 Å². The summed E-state index contributed by atoms with van der Waals surface area (Å²) in [6.07, 6.45) is 0. The molecular formula is C20H23N3O4. The van der Waals surface area contributed by atoms with Crippen LogP contribution in [-0.2, 0) is 9.59 Å². The van der Waals surface area contributed by atoms with E-state index < -0.39 is 6.04 Å². The lowest BCUT2D eigenvalue weighted by Gasteiger charge is -2.24. The molecule has 0 saturated heterocycles. The van der Waals surface area contributed by atoms with Gasteiger partial charge in [-0.1, -0.05) is 30.3 Å². The molecule has 3 rings (SSSR count). The molecule has 1 heterocycles. The molecule has 2 aromatic carbocycles. The number of amides is 2. The number of hydrogen-bond acceptors (Lipinski definition) is 5. The largest absolute Gasteiger partial charge is 0.486 e. The van der Waals surface area contributed by atoms with Gasteiger partial charge in [0.15, 0.2) is 11.5 Å². The molecule has 0 bridgehead atoms. The standard InChI is InChI=1S/C20H23N3O4/c1-2-23(20(25)19(21)14-6-4-3-5-7-14)13-18(24)22-15-8-9-16-17(12-15)27-11-10-26-16/h3-9,12,19H,2,10-11,13,21H2,1H3,(H,22,24). The molecule has 0 aromatic heterocycles. The number of rotatable bonds is 6. The van der Waals surface area contributed by atoms with Crippen molar-refractivity contribution in [3.63, 3.8) is 0 Å². The van der Waals surface area contributed by atoms with Gasteiger partial charge in [0.25, 0.3) is 0 Å². The molecule has 1 unspecified atom stereocenters. The maximum absolute atomic E-state index is 12.6. The molecule has 0 spiro atoms.